The number of hydrogen-bond donors (Lipinski definition) is 1. The van der Waals surface area contributed by atoms with Gasteiger partial charge in [-0.1, -0.05) is 110 Å². The molecule has 3 rings (SSSR count). The van der Waals surface area contributed by atoms with Crippen molar-refractivity contribution in [2.24, 2.45) is 0 Å². The van der Waals surface area contributed by atoms with Crippen molar-refractivity contribution >= 4 is 6.29 Å². The maximum atomic E-state index is 10.8. The Labute approximate surface area is 191 Å². The van der Waals surface area contributed by atoms with Gasteiger partial charge in [0.05, 0.1) is 12.7 Å². The number of rotatable bonds is 13. The largest absolute Gasteiger partial charge is 0.392 e. The van der Waals surface area contributed by atoms with E-state index in [9.17, 15) is 9.90 Å². The predicted octanol–water partition coefficient (Wildman–Crippen LogP) is 6.06. The van der Waals surface area contributed by atoms with Gasteiger partial charge >= 0.3 is 0 Å². The number of aliphatic hydroxyl groups is 1. The summed E-state index contributed by atoms with van der Waals surface area (Å²) in [6.45, 7) is 0.0130. The lowest BCUT2D eigenvalue weighted by Crippen LogP contribution is -2.37. The zero-order chi connectivity index (χ0) is 22.5. The molecule has 0 aliphatic rings. The Bertz CT molecular complexity index is 839. The molecule has 1 atom stereocenters. The van der Waals surface area contributed by atoms with Gasteiger partial charge in [-0.2, -0.15) is 0 Å². The Balaban J connectivity index is 2.09. The molecule has 0 saturated carbocycles. The molecule has 0 aromatic heterocycles. The van der Waals surface area contributed by atoms with Crippen LogP contribution in [0.1, 0.15) is 48.8 Å². The number of carbonyl (C=O) groups excluding carboxylic acids is 1. The van der Waals surface area contributed by atoms with E-state index >= 15 is 0 Å². The number of hydrogen-bond acceptors (Lipinski definition) is 3. The van der Waals surface area contributed by atoms with Crippen molar-refractivity contribution < 1.29 is 14.6 Å². The van der Waals surface area contributed by atoms with Crippen LogP contribution in [-0.4, -0.2) is 24.1 Å². The van der Waals surface area contributed by atoms with E-state index in [1.165, 1.54) is 0 Å². The molecule has 3 heteroatoms. The lowest BCUT2D eigenvalue weighted by molar-refractivity contribution is -0.108. The van der Waals surface area contributed by atoms with Crippen LogP contribution in [0.25, 0.3) is 0 Å². The number of unbranched alkanes of at least 4 members (excludes halogenated alkanes) is 2. The highest BCUT2D eigenvalue weighted by Crippen LogP contribution is 2.42. The van der Waals surface area contributed by atoms with E-state index in [0.717, 1.165) is 42.2 Å². The molecule has 1 unspecified atom stereocenters. The molecule has 0 aliphatic carbocycles. The molecule has 0 aliphatic heterocycles. The summed E-state index contributed by atoms with van der Waals surface area (Å²) in [5.41, 5.74) is 2.44. The van der Waals surface area contributed by atoms with Crippen LogP contribution in [-0.2, 0) is 15.1 Å². The van der Waals surface area contributed by atoms with Crippen LogP contribution in [0.15, 0.2) is 103 Å². The zero-order valence-electron chi connectivity index (χ0n) is 18.5. The molecule has 0 saturated heterocycles. The Hall–Kier alpha value is -3.01. The fourth-order valence-corrected chi connectivity index (χ4v) is 4.12. The minimum Gasteiger partial charge on any atom is -0.392 e. The van der Waals surface area contributed by atoms with Crippen LogP contribution in [0.2, 0.25) is 0 Å². The molecule has 0 fully saturated rings. The third kappa shape index (κ3) is 6.03. The summed E-state index contributed by atoms with van der Waals surface area (Å²) in [6, 6.07) is 31.0. The second-order valence-corrected chi connectivity index (χ2v) is 7.86. The summed E-state index contributed by atoms with van der Waals surface area (Å²) in [5, 5.41) is 9.23. The van der Waals surface area contributed by atoms with Crippen molar-refractivity contribution in [3.05, 3.63) is 120 Å². The van der Waals surface area contributed by atoms with Gasteiger partial charge in [0.15, 0.2) is 0 Å². The van der Waals surface area contributed by atoms with Crippen LogP contribution >= 0.6 is 0 Å². The maximum Gasteiger partial charge on any atom is 0.144 e. The quantitative estimate of drug-likeness (QED) is 0.156. The van der Waals surface area contributed by atoms with Gasteiger partial charge < -0.3 is 14.6 Å². The van der Waals surface area contributed by atoms with Gasteiger partial charge in [-0.25, -0.2) is 0 Å². The normalized spacial score (nSPS) is 12.7. The van der Waals surface area contributed by atoms with Crippen LogP contribution in [0.3, 0.4) is 0 Å². The molecular formula is C29H32O3. The van der Waals surface area contributed by atoms with Gasteiger partial charge in [-0.15, -0.1) is 0 Å². The van der Waals surface area contributed by atoms with Gasteiger partial charge in [0.25, 0.3) is 0 Å². The lowest BCUT2D eigenvalue weighted by Gasteiger charge is -2.39. The molecule has 166 valence electrons. The van der Waals surface area contributed by atoms with Crippen molar-refractivity contribution in [3.63, 3.8) is 0 Å². The summed E-state index contributed by atoms with van der Waals surface area (Å²) < 4.78 is 7.10. The van der Waals surface area contributed by atoms with Crippen molar-refractivity contribution in [1.82, 2.24) is 0 Å². The number of carbonyl (C=O) groups is 1. The first-order valence-corrected chi connectivity index (χ1v) is 11.3. The second-order valence-electron chi connectivity index (χ2n) is 7.86. The highest BCUT2D eigenvalue weighted by atomic mass is 16.5. The lowest BCUT2D eigenvalue weighted by atomic mass is 9.79. The molecule has 0 amide bonds. The number of aliphatic hydroxyl groups excluding tert-OH is 1. The monoisotopic (exact) mass is 428 g/mol. The smallest absolute Gasteiger partial charge is 0.144 e. The molecule has 1 N–H and O–H groups in total. The molecule has 0 heterocycles. The van der Waals surface area contributed by atoms with Gasteiger partial charge in [0, 0.05) is 6.42 Å². The van der Waals surface area contributed by atoms with E-state index in [2.05, 4.69) is 36.4 Å². The Morgan fingerprint density at radius 3 is 1.69 bits per heavy atom. The topological polar surface area (TPSA) is 46.5 Å². The minimum absolute atomic E-state index is 0.0130. The van der Waals surface area contributed by atoms with E-state index in [1.54, 1.807) is 6.08 Å². The summed E-state index contributed by atoms with van der Waals surface area (Å²) >= 11 is 0. The molecule has 32 heavy (non-hydrogen) atoms. The molecule has 0 bridgehead atoms. The third-order valence-electron chi connectivity index (χ3n) is 5.65. The highest BCUT2D eigenvalue weighted by Gasteiger charge is 2.39. The van der Waals surface area contributed by atoms with Gasteiger partial charge in [-0.05, 0) is 36.0 Å². The standard InChI is InChI=1S/C29H32O3/c30-23-13-4-11-21-28(22-12-14-24-31)32-29(25-15-5-1-6-16-25,26-17-7-2-8-18-26)27-19-9-3-10-20-27/h1-3,5-10,12,14-20,23,28,31H,4,11,13,21-22,24H2. The SMILES string of the molecule is O=CCCCCC(CC=CCO)OC(c1ccccc1)(c1ccccc1)c1ccccc1. The average Bonchev–Trinajstić information content (AvgIpc) is 2.86. The Morgan fingerprint density at radius 2 is 1.25 bits per heavy atom. The van der Waals surface area contributed by atoms with Crippen LogP contribution in [0.5, 0.6) is 0 Å². The number of aldehydes is 1. The van der Waals surface area contributed by atoms with E-state index < -0.39 is 5.60 Å². The van der Waals surface area contributed by atoms with Crippen molar-refractivity contribution in [1.29, 1.82) is 0 Å². The van der Waals surface area contributed by atoms with Crippen LogP contribution < -0.4 is 0 Å². The van der Waals surface area contributed by atoms with Crippen molar-refractivity contribution in [2.45, 2.75) is 43.8 Å². The van der Waals surface area contributed by atoms with Gasteiger partial charge in [-0.3, -0.25) is 0 Å². The van der Waals surface area contributed by atoms with Gasteiger partial charge in [0.1, 0.15) is 11.9 Å². The predicted molar refractivity (Wildman–Crippen MR) is 129 cm³/mol. The van der Waals surface area contributed by atoms with E-state index in [4.69, 9.17) is 4.74 Å². The second kappa shape index (κ2) is 12.7. The molecule has 3 nitrogen and oxygen atoms in total. The van der Waals surface area contributed by atoms with Crippen LogP contribution in [0.4, 0.5) is 0 Å². The summed E-state index contributed by atoms with van der Waals surface area (Å²) in [7, 11) is 0. The molecular weight excluding hydrogens is 396 g/mol. The molecule has 3 aromatic rings. The first kappa shape index (κ1) is 23.6. The van der Waals surface area contributed by atoms with Gasteiger partial charge in [0.2, 0.25) is 0 Å². The first-order chi connectivity index (χ1) is 15.8. The average molecular weight is 429 g/mol. The van der Waals surface area contributed by atoms with Crippen molar-refractivity contribution in [3.8, 4) is 0 Å². The third-order valence-corrected chi connectivity index (χ3v) is 5.65. The first-order valence-electron chi connectivity index (χ1n) is 11.3. The fraction of sp³-hybridized carbons (Fsp3) is 0.276. The molecule has 3 aromatic carbocycles. The van der Waals surface area contributed by atoms with E-state index in [-0.39, 0.29) is 12.7 Å². The highest BCUT2D eigenvalue weighted by molar-refractivity contribution is 5.49. The minimum atomic E-state index is -0.772. The summed E-state index contributed by atoms with van der Waals surface area (Å²) in [6.07, 6.45) is 8.49. The zero-order valence-corrected chi connectivity index (χ0v) is 18.5. The summed E-state index contributed by atoms with van der Waals surface area (Å²) in [4.78, 5) is 10.8. The Kier molecular flexibility index (Phi) is 9.42. The number of ether oxygens (including phenoxy) is 1. The fourth-order valence-electron chi connectivity index (χ4n) is 4.12. The summed E-state index contributed by atoms with van der Waals surface area (Å²) in [5.74, 6) is 0. The molecule has 0 spiro atoms. The van der Waals surface area contributed by atoms with E-state index in [1.807, 2.05) is 60.7 Å². The Morgan fingerprint density at radius 1 is 0.750 bits per heavy atom. The maximum absolute atomic E-state index is 10.8. The number of benzene rings is 3. The molecule has 0 radical (unpaired) electrons. The van der Waals surface area contributed by atoms with Crippen molar-refractivity contribution in [2.75, 3.05) is 6.61 Å². The van der Waals surface area contributed by atoms with Crippen LogP contribution in [0, 0.1) is 0 Å². The van der Waals surface area contributed by atoms with E-state index in [0.29, 0.717) is 12.8 Å².